The van der Waals surface area contributed by atoms with Crippen LogP contribution in [-0.2, 0) is 11.2 Å². The molecule has 5 nitrogen and oxygen atoms in total. The predicted octanol–water partition coefficient (Wildman–Crippen LogP) is 2.71. The first-order valence-corrected chi connectivity index (χ1v) is 9.27. The van der Waals surface area contributed by atoms with Crippen LogP contribution in [0.2, 0.25) is 0 Å². The Labute approximate surface area is 133 Å². The van der Waals surface area contributed by atoms with Gasteiger partial charge >= 0.3 is 5.97 Å². The highest BCUT2D eigenvalue weighted by atomic mass is 32.2. The Balaban J connectivity index is 1.67. The fourth-order valence-electron chi connectivity index (χ4n) is 2.90. The largest absolute Gasteiger partial charge is 0.480 e. The van der Waals surface area contributed by atoms with E-state index in [4.69, 9.17) is 0 Å². The Hall–Kier alpha value is -0.660. The van der Waals surface area contributed by atoms with Crippen molar-refractivity contribution in [1.82, 2.24) is 14.7 Å². The van der Waals surface area contributed by atoms with Crippen molar-refractivity contribution in [3.05, 3.63) is 5.82 Å². The zero-order chi connectivity index (χ0) is 14.9. The molecule has 2 aliphatic rings. The lowest BCUT2D eigenvalue weighted by Gasteiger charge is -2.38. The average Bonchev–Trinajstić information content (AvgIpc) is 3.15. The van der Waals surface area contributed by atoms with E-state index in [0.717, 1.165) is 48.7 Å². The van der Waals surface area contributed by atoms with Crippen LogP contribution in [0.1, 0.15) is 51.3 Å². The van der Waals surface area contributed by atoms with E-state index >= 15 is 0 Å². The van der Waals surface area contributed by atoms with Crippen molar-refractivity contribution in [3.8, 4) is 0 Å². The van der Waals surface area contributed by atoms with Crippen molar-refractivity contribution >= 4 is 29.3 Å². The van der Waals surface area contributed by atoms with Crippen LogP contribution in [0.5, 0.6) is 0 Å². The van der Waals surface area contributed by atoms with Crippen molar-refractivity contribution in [2.45, 2.75) is 73.0 Å². The van der Waals surface area contributed by atoms with Gasteiger partial charge in [0.1, 0.15) is 11.4 Å². The lowest BCUT2D eigenvalue weighted by Crippen LogP contribution is -2.56. The number of nitrogens with zero attached hydrogens (tertiary/aromatic N) is 2. The van der Waals surface area contributed by atoms with Gasteiger partial charge in [-0.2, -0.15) is 4.37 Å². The molecule has 2 aliphatic carbocycles. The maximum atomic E-state index is 11.8. The molecule has 1 heterocycles. The predicted molar refractivity (Wildman–Crippen MR) is 83.9 cm³/mol. The van der Waals surface area contributed by atoms with Gasteiger partial charge in [0.05, 0.1) is 0 Å². The van der Waals surface area contributed by atoms with Crippen LogP contribution in [0.15, 0.2) is 4.34 Å². The number of aryl methyl sites for hydroxylation is 1. The molecule has 2 unspecified atom stereocenters. The minimum Gasteiger partial charge on any atom is -0.480 e. The highest BCUT2D eigenvalue weighted by molar-refractivity contribution is 8.01. The topological polar surface area (TPSA) is 75.1 Å². The maximum absolute atomic E-state index is 11.8. The Bertz CT molecular complexity index is 518. The number of rotatable bonds is 6. The lowest BCUT2D eigenvalue weighted by molar-refractivity contribution is -0.146. The normalized spacial score (nSPS) is 29.5. The van der Waals surface area contributed by atoms with Gasteiger partial charge in [-0.05, 0) is 50.1 Å². The summed E-state index contributed by atoms with van der Waals surface area (Å²) in [6, 6.07) is 0.415. The molecular formula is C14H21N3O2S2. The first kappa shape index (κ1) is 15.2. The van der Waals surface area contributed by atoms with Gasteiger partial charge in [-0.15, -0.1) is 0 Å². The molecule has 0 aromatic carbocycles. The van der Waals surface area contributed by atoms with Gasteiger partial charge in [0.25, 0.3) is 0 Å². The third-order valence-corrected chi connectivity index (χ3v) is 6.30. The molecule has 2 N–H and O–H groups in total. The van der Waals surface area contributed by atoms with Gasteiger partial charge in [0.15, 0.2) is 4.34 Å². The Morgan fingerprint density at radius 2 is 2.33 bits per heavy atom. The van der Waals surface area contributed by atoms with Crippen molar-refractivity contribution in [1.29, 1.82) is 0 Å². The summed E-state index contributed by atoms with van der Waals surface area (Å²) in [5, 5.41) is 13.4. The number of carboxylic acids is 1. The third-order valence-electron chi connectivity index (χ3n) is 4.21. The van der Waals surface area contributed by atoms with Crippen molar-refractivity contribution in [3.63, 3.8) is 0 Å². The van der Waals surface area contributed by atoms with Crippen molar-refractivity contribution < 1.29 is 9.90 Å². The summed E-state index contributed by atoms with van der Waals surface area (Å²) in [6.07, 6.45) is 6.53. The molecule has 2 fully saturated rings. The van der Waals surface area contributed by atoms with Gasteiger partial charge in [-0.25, -0.2) is 4.98 Å². The number of hydrogen-bond acceptors (Lipinski definition) is 6. The standard InChI is InChI=1S/C14H21N3O2S2/c1-2-11-15-13(21-17-11)20-10-4-3-7-14(8-10,12(18)19)16-9-5-6-9/h9-10,16H,2-8H2,1H3,(H,18,19). The van der Waals surface area contributed by atoms with Crippen LogP contribution >= 0.6 is 23.3 Å². The summed E-state index contributed by atoms with van der Waals surface area (Å²) in [4.78, 5) is 16.3. The molecule has 0 amide bonds. The summed E-state index contributed by atoms with van der Waals surface area (Å²) < 4.78 is 5.28. The molecule has 0 aliphatic heterocycles. The molecule has 2 atom stereocenters. The Morgan fingerprint density at radius 1 is 1.52 bits per heavy atom. The van der Waals surface area contributed by atoms with Gasteiger partial charge in [-0.3, -0.25) is 10.1 Å². The highest BCUT2D eigenvalue weighted by Gasteiger charge is 2.46. The summed E-state index contributed by atoms with van der Waals surface area (Å²) in [7, 11) is 0. The quantitative estimate of drug-likeness (QED) is 0.837. The molecule has 0 radical (unpaired) electrons. The zero-order valence-corrected chi connectivity index (χ0v) is 13.8. The SMILES string of the molecule is CCc1nsc(SC2CCCC(NC3CC3)(C(=O)O)C2)n1. The van der Waals surface area contributed by atoms with Gasteiger partial charge in [0, 0.05) is 17.7 Å². The minimum atomic E-state index is -0.727. The molecule has 1 aromatic heterocycles. The molecule has 21 heavy (non-hydrogen) atoms. The van der Waals surface area contributed by atoms with Crippen LogP contribution in [0.3, 0.4) is 0 Å². The minimum absolute atomic E-state index is 0.318. The molecule has 0 saturated heterocycles. The van der Waals surface area contributed by atoms with Crippen LogP contribution < -0.4 is 5.32 Å². The van der Waals surface area contributed by atoms with Crippen LogP contribution in [-0.4, -0.2) is 37.3 Å². The van der Waals surface area contributed by atoms with Crippen LogP contribution in [0.25, 0.3) is 0 Å². The summed E-state index contributed by atoms with van der Waals surface area (Å²) >= 11 is 3.15. The second-order valence-corrected chi connectivity index (χ2v) is 8.27. The fraction of sp³-hybridized carbons (Fsp3) is 0.786. The number of carboxylic acid groups (broad SMARTS) is 1. The van der Waals surface area contributed by atoms with Crippen molar-refractivity contribution in [2.24, 2.45) is 0 Å². The van der Waals surface area contributed by atoms with Crippen LogP contribution in [0.4, 0.5) is 0 Å². The van der Waals surface area contributed by atoms with E-state index in [1.807, 2.05) is 6.92 Å². The number of aromatic nitrogens is 2. The second kappa shape index (κ2) is 6.22. The number of nitrogens with one attached hydrogen (secondary N) is 1. The van der Waals surface area contributed by atoms with E-state index in [9.17, 15) is 9.90 Å². The lowest BCUT2D eigenvalue weighted by atomic mass is 9.81. The summed E-state index contributed by atoms with van der Waals surface area (Å²) in [6.45, 7) is 2.05. The van der Waals surface area contributed by atoms with Gasteiger partial charge in [-0.1, -0.05) is 18.7 Å². The molecule has 2 saturated carbocycles. The maximum Gasteiger partial charge on any atom is 0.323 e. The molecule has 1 aromatic rings. The van der Waals surface area contributed by atoms with E-state index in [1.165, 1.54) is 11.5 Å². The number of thioether (sulfide) groups is 1. The highest BCUT2D eigenvalue weighted by Crippen LogP contribution is 2.40. The van der Waals surface area contributed by atoms with E-state index in [-0.39, 0.29) is 0 Å². The molecule has 0 spiro atoms. The fourth-order valence-corrected chi connectivity index (χ4v) is 5.19. The molecule has 0 bridgehead atoms. The monoisotopic (exact) mass is 327 g/mol. The van der Waals surface area contributed by atoms with Crippen LogP contribution in [0, 0.1) is 0 Å². The van der Waals surface area contributed by atoms with E-state index in [1.54, 1.807) is 11.8 Å². The third kappa shape index (κ3) is 3.57. The zero-order valence-electron chi connectivity index (χ0n) is 12.2. The van der Waals surface area contributed by atoms with E-state index in [2.05, 4.69) is 14.7 Å². The number of hydrogen-bond donors (Lipinski definition) is 2. The molecule has 116 valence electrons. The van der Waals surface area contributed by atoms with E-state index < -0.39 is 11.5 Å². The van der Waals surface area contributed by atoms with Gasteiger partial charge in [0.2, 0.25) is 0 Å². The Morgan fingerprint density at radius 3 is 2.95 bits per heavy atom. The molecule has 7 heteroatoms. The Kier molecular flexibility index (Phi) is 4.51. The number of aliphatic carboxylic acids is 1. The first-order chi connectivity index (χ1) is 10.1. The number of carbonyl (C=O) groups is 1. The molecular weight excluding hydrogens is 306 g/mol. The summed E-state index contributed by atoms with van der Waals surface area (Å²) in [5.74, 6) is 0.199. The summed E-state index contributed by atoms with van der Waals surface area (Å²) in [5.41, 5.74) is -0.727. The molecule has 3 rings (SSSR count). The van der Waals surface area contributed by atoms with Gasteiger partial charge < -0.3 is 5.11 Å². The second-order valence-electron chi connectivity index (χ2n) is 5.97. The van der Waals surface area contributed by atoms with Crippen molar-refractivity contribution in [2.75, 3.05) is 0 Å². The average molecular weight is 327 g/mol. The smallest absolute Gasteiger partial charge is 0.323 e. The van der Waals surface area contributed by atoms with E-state index in [0.29, 0.717) is 17.7 Å². The first-order valence-electron chi connectivity index (χ1n) is 7.61.